The van der Waals surface area contributed by atoms with Crippen molar-refractivity contribution in [3.8, 4) is 0 Å². The zero-order valence-electron chi connectivity index (χ0n) is 18.9. The average molecular weight is 442 g/mol. The summed E-state index contributed by atoms with van der Waals surface area (Å²) in [5.41, 5.74) is 0.760. The molecule has 32 heavy (non-hydrogen) atoms. The molecule has 0 saturated carbocycles. The lowest BCUT2D eigenvalue weighted by Crippen LogP contribution is -2.49. The van der Waals surface area contributed by atoms with Crippen LogP contribution in [0.3, 0.4) is 0 Å². The van der Waals surface area contributed by atoms with Gasteiger partial charge in [0.05, 0.1) is 19.1 Å². The first-order chi connectivity index (χ1) is 15.6. The van der Waals surface area contributed by atoms with E-state index >= 15 is 0 Å². The summed E-state index contributed by atoms with van der Waals surface area (Å²) in [5, 5.41) is 0. The molecule has 0 aliphatic carbocycles. The number of Topliss-reactive ketones (excluding diaryl/α,β-unsaturated/α-hetero) is 1. The quantitative estimate of drug-likeness (QED) is 0.606. The minimum Gasteiger partial charge on any atom is -0.379 e. The van der Waals surface area contributed by atoms with Gasteiger partial charge < -0.3 is 14.5 Å². The van der Waals surface area contributed by atoms with Crippen LogP contribution in [0, 0.1) is 11.8 Å². The summed E-state index contributed by atoms with van der Waals surface area (Å²) < 4.78 is 5.39. The number of ether oxygens (including phenoxy) is 1. The maximum absolute atomic E-state index is 13.2. The van der Waals surface area contributed by atoms with E-state index in [9.17, 15) is 14.4 Å². The Kier molecular flexibility index (Phi) is 7.92. The third kappa shape index (κ3) is 5.75. The van der Waals surface area contributed by atoms with Gasteiger partial charge in [-0.25, -0.2) is 0 Å². The molecule has 0 unspecified atom stereocenters. The molecule has 174 valence electrons. The van der Waals surface area contributed by atoms with Gasteiger partial charge in [0.15, 0.2) is 5.78 Å². The Hall–Kier alpha value is -2.25. The SMILES string of the molecule is O=C(c1ccccc1)C1CCN(C(=O)[C@@H]2CCC(=O)N(CCCN3CCOCC3)C2)CC1. The highest BCUT2D eigenvalue weighted by Crippen LogP contribution is 2.26. The molecule has 2 amide bonds. The molecule has 1 aromatic rings. The minimum absolute atomic E-state index is 0.00827. The summed E-state index contributed by atoms with van der Waals surface area (Å²) in [4.78, 5) is 44.5. The Morgan fingerprint density at radius 3 is 2.34 bits per heavy atom. The number of benzene rings is 1. The number of morpholine rings is 1. The predicted molar refractivity (Wildman–Crippen MR) is 121 cm³/mol. The van der Waals surface area contributed by atoms with E-state index in [1.807, 2.05) is 40.1 Å². The van der Waals surface area contributed by atoms with Crippen molar-refractivity contribution >= 4 is 17.6 Å². The Morgan fingerprint density at radius 1 is 0.906 bits per heavy atom. The Balaban J connectivity index is 1.23. The van der Waals surface area contributed by atoms with Gasteiger partial charge in [0, 0.05) is 63.7 Å². The van der Waals surface area contributed by atoms with Crippen LogP contribution in [0.5, 0.6) is 0 Å². The van der Waals surface area contributed by atoms with E-state index in [1.54, 1.807) is 0 Å². The molecule has 0 spiro atoms. The Labute approximate surface area is 190 Å². The highest BCUT2D eigenvalue weighted by atomic mass is 16.5. The fourth-order valence-electron chi connectivity index (χ4n) is 5.10. The summed E-state index contributed by atoms with van der Waals surface area (Å²) in [5.74, 6) is 0.389. The van der Waals surface area contributed by atoms with Crippen LogP contribution < -0.4 is 0 Å². The van der Waals surface area contributed by atoms with Crippen molar-refractivity contribution in [3.05, 3.63) is 35.9 Å². The van der Waals surface area contributed by atoms with Crippen LogP contribution in [-0.4, -0.2) is 91.3 Å². The predicted octanol–water partition coefficient (Wildman–Crippen LogP) is 2.07. The zero-order chi connectivity index (χ0) is 22.3. The van der Waals surface area contributed by atoms with E-state index in [1.165, 1.54) is 0 Å². The van der Waals surface area contributed by atoms with Crippen molar-refractivity contribution in [2.75, 3.05) is 59.0 Å². The highest BCUT2D eigenvalue weighted by molar-refractivity contribution is 5.98. The lowest BCUT2D eigenvalue weighted by atomic mass is 9.88. The van der Waals surface area contributed by atoms with E-state index in [2.05, 4.69) is 4.90 Å². The van der Waals surface area contributed by atoms with Crippen LogP contribution in [0.2, 0.25) is 0 Å². The van der Waals surface area contributed by atoms with E-state index in [-0.39, 0.29) is 29.4 Å². The van der Waals surface area contributed by atoms with E-state index in [0.717, 1.165) is 44.8 Å². The lowest BCUT2D eigenvalue weighted by molar-refractivity contribution is -0.144. The van der Waals surface area contributed by atoms with E-state index in [4.69, 9.17) is 4.74 Å². The molecule has 3 aliphatic heterocycles. The Bertz CT molecular complexity index is 786. The standard InChI is InChI=1S/C25H35N3O4/c29-23-8-7-22(19-28(23)12-4-11-26-15-17-32-18-16-26)25(31)27-13-9-21(10-14-27)24(30)20-5-2-1-3-6-20/h1-3,5-6,21-22H,4,7-19H2/t22-/m1/s1. The molecule has 7 heteroatoms. The summed E-state index contributed by atoms with van der Waals surface area (Å²) in [6.45, 7) is 6.95. The van der Waals surface area contributed by atoms with Gasteiger partial charge in [-0.05, 0) is 25.7 Å². The smallest absolute Gasteiger partial charge is 0.227 e. The fraction of sp³-hybridized carbons (Fsp3) is 0.640. The number of hydrogen-bond donors (Lipinski definition) is 0. The van der Waals surface area contributed by atoms with Crippen molar-refractivity contribution in [1.82, 2.24) is 14.7 Å². The first-order valence-corrected chi connectivity index (χ1v) is 12.1. The number of carbonyl (C=O) groups is 3. The maximum atomic E-state index is 13.2. The molecule has 0 bridgehead atoms. The van der Waals surface area contributed by atoms with Gasteiger partial charge in [-0.15, -0.1) is 0 Å². The minimum atomic E-state index is -0.113. The molecular formula is C25H35N3O4. The number of carbonyl (C=O) groups excluding carboxylic acids is 3. The third-order valence-corrected chi connectivity index (χ3v) is 7.09. The first-order valence-electron chi connectivity index (χ1n) is 12.1. The molecule has 7 nitrogen and oxygen atoms in total. The summed E-state index contributed by atoms with van der Waals surface area (Å²) >= 11 is 0. The Morgan fingerprint density at radius 2 is 1.62 bits per heavy atom. The number of rotatable bonds is 7. The number of amides is 2. The molecule has 3 fully saturated rings. The van der Waals surface area contributed by atoms with Gasteiger partial charge in [-0.3, -0.25) is 19.3 Å². The lowest BCUT2D eigenvalue weighted by Gasteiger charge is -2.37. The van der Waals surface area contributed by atoms with Gasteiger partial charge >= 0.3 is 0 Å². The molecule has 0 aromatic heterocycles. The molecule has 1 atom stereocenters. The van der Waals surface area contributed by atoms with Crippen molar-refractivity contribution in [1.29, 1.82) is 0 Å². The van der Waals surface area contributed by atoms with Crippen molar-refractivity contribution in [2.45, 2.75) is 32.1 Å². The molecule has 1 aromatic carbocycles. The number of ketones is 1. The topological polar surface area (TPSA) is 70.2 Å². The van der Waals surface area contributed by atoms with Crippen molar-refractivity contribution in [2.24, 2.45) is 11.8 Å². The van der Waals surface area contributed by atoms with Gasteiger partial charge in [0.2, 0.25) is 11.8 Å². The fourth-order valence-corrected chi connectivity index (χ4v) is 5.10. The normalized spacial score (nSPS) is 23.4. The van der Waals surface area contributed by atoms with Crippen molar-refractivity contribution < 1.29 is 19.1 Å². The van der Waals surface area contributed by atoms with Crippen LogP contribution in [-0.2, 0) is 14.3 Å². The summed E-state index contributed by atoms with van der Waals surface area (Å²) in [6.07, 6.45) is 3.46. The summed E-state index contributed by atoms with van der Waals surface area (Å²) in [7, 11) is 0. The first kappa shape index (κ1) is 22.9. The van der Waals surface area contributed by atoms with Crippen LogP contribution >= 0.6 is 0 Å². The monoisotopic (exact) mass is 441 g/mol. The largest absolute Gasteiger partial charge is 0.379 e. The summed E-state index contributed by atoms with van der Waals surface area (Å²) in [6, 6.07) is 9.43. The number of piperidine rings is 2. The van der Waals surface area contributed by atoms with Gasteiger partial charge in [0.25, 0.3) is 0 Å². The number of nitrogens with zero attached hydrogens (tertiary/aromatic N) is 3. The van der Waals surface area contributed by atoms with E-state index in [0.29, 0.717) is 51.9 Å². The second-order valence-electron chi connectivity index (χ2n) is 9.21. The maximum Gasteiger partial charge on any atom is 0.227 e. The number of likely N-dealkylation sites (tertiary alicyclic amines) is 2. The van der Waals surface area contributed by atoms with Gasteiger partial charge in [-0.2, -0.15) is 0 Å². The van der Waals surface area contributed by atoms with Crippen LogP contribution in [0.25, 0.3) is 0 Å². The molecule has 0 radical (unpaired) electrons. The number of hydrogen-bond acceptors (Lipinski definition) is 5. The van der Waals surface area contributed by atoms with E-state index < -0.39 is 0 Å². The van der Waals surface area contributed by atoms with Crippen LogP contribution in [0.4, 0.5) is 0 Å². The molecular weight excluding hydrogens is 406 g/mol. The van der Waals surface area contributed by atoms with Gasteiger partial charge in [-0.1, -0.05) is 30.3 Å². The second-order valence-corrected chi connectivity index (χ2v) is 9.21. The molecule has 3 aliphatic rings. The molecule has 3 heterocycles. The second kappa shape index (κ2) is 11.1. The highest BCUT2D eigenvalue weighted by Gasteiger charge is 2.35. The van der Waals surface area contributed by atoms with Gasteiger partial charge in [0.1, 0.15) is 0 Å². The van der Waals surface area contributed by atoms with Crippen LogP contribution in [0.1, 0.15) is 42.5 Å². The molecule has 3 saturated heterocycles. The van der Waals surface area contributed by atoms with Crippen molar-refractivity contribution in [3.63, 3.8) is 0 Å². The van der Waals surface area contributed by atoms with Crippen LogP contribution in [0.15, 0.2) is 30.3 Å². The molecule has 4 rings (SSSR count). The third-order valence-electron chi connectivity index (χ3n) is 7.09. The molecule has 0 N–H and O–H groups in total. The zero-order valence-corrected chi connectivity index (χ0v) is 18.9. The average Bonchev–Trinajstić information content (AvgIpc) is 2.85.